The molecule has 0 radical (unpaired) electrons. The van der Waals surface area contributed by atoms with Crippen molar-refractivity contribution in [1.82, 2.24) is 4.90 Å². The first kappa shape index (κ1) is 13.6. The van der Waals surface area contributed by atoms with Gasteiger partial charge in [-0.3, -0.25) is 9.69 Å². The molecule has 0 saturated carbocycles. The lowest BCUT2D eigenvalue weighted by Crippen LogP contribution is -2.18. The van der Waals surface area contributed by atoms with E-state index in [0.29, 0.717) is 10.7 Å². The zero-order chi connectivity index (χ0) is 12.3. The SMILES string of the molecule is CN(C=Nc1ccc(Cl)c(Cl)c1Cl)C(=O)Cl. The van der Waals surface area contributed by atoms with Crippen LogP contribution in [-0.4, -0.2) is 23.7 Å². The molecule has 0 aromatic heterocycles. The molecule has 0 spiro atoms. The van der Waals surface area contributed by atoms with Crippen LogP contribution < -0.4 is 0 Å². The molecule has 0 heterocycles. The third-order valence-corrected chi connectivity index (χ3v) is 3.21. The van der Waals surface area contributed by atoms with Crippen molar-refractivity contribution in [3.63, 3.8) is 0 Å². The van der Waals surface area contributed by atoms with E-state index in [9.17, 15) is 4.79 Å². The summed E-state index contributed by atoms with van der Waals surface area (Å²) in [7, 11) is 1.46. The van der Waals surface area contributed by atoms with Crippen LogP contribution in [0.3, 0.4) is 0 Å². The molecule has 1 rings (SSSR count). The van der Waals surface area contributed by atoms with Crippen LogP contribution in [0.25, 0.3) is 0 Å². The van der Waals surface area contributed by atoms with Crippen molar-refractivity contribution in [1.29, 1.82) is 0 Å². The van der Waals surface area contributed by atoms with Crippen molar-refractivity contribution >= 4 is 63.8 Å². The molecule has 1 aromatic carbocycles. The predicted molar refractivity (Wildman–Crippen MR) is 68.6 cm³/mol. The van der Waals surface area contributed by atoms with E-state index in [1.807, 2.05) is 0 Å². The highest BCUT2D eigenvalue weighted by Crippen LogP contribution is 2.36. The molecule has 0 aliphatic rings. The van der Waals surface area contributed by atoms with E-state index >= 15 is 0 Å². The van der Waals surface area contributed by atoms with E-state index in [1.54, 1.807) is 12.1 Å². The molecule has 0 fully saturated rings. The maximum absolute atomic E-state index is 10.7. The van der Waals surface area contributed by atoms with Crippen molar-refractivity contribution in [2.24, 2.45) is 4.99 Å². The maximum Gasteiger partial charge on any atom is 0.321 e. The minimum absolute atomic E-state index is 0.220. The van der Waals surface area contributed by atoms with Gasteiger partial charge in [-0.05, 0) is 23.7 Å². The summed E-state index contributed by atoms with van der Waals surface area (Å²) in [6.45, 7) is 0. The summed E-state index contributed by atoms with van der Waals surface area (Å²) in [6, 6.07) is 3.14. The van der Waals surface area contributed by atoms with Crippen LogP contribution in [0.2, 0.25) is 15.1 Å². The van der Waals surface area contributed by atoms with E-state index in [2.05, 4.69) is 4.99 Å². The van der Waals surface area contributed by atoms with Gasteiger partial charge in [-0.15, -0.1) is 0 Å². The molecule has 0 atom stereocenters. The highest BCUT2D eigenvalue weighted by Gasteiger charge is 2.08. The van der Waals surface area contributed by atoms with Crippen molar-refractivity contribution in [2.75, 3.05) is 7.05 Å². The fourth-order valence-electron chi connectivity index (χ4n) is 0.810. The highest BCUT2D eigenvalue weighted by atomic mass is 35.5. The summed E-state index contributed by atoms with van der Waals surface area (Å²) in [5, 5.41) is 0.131. The Morgan fingerprint density at radius 1 is 1.31 bits per heavy atom. The average molecular weight is 300 g/mol. The van der Waals surface area contributed by atoms with Gasteiger partial charge in [0.15, 0.2) is 0 Å². The zero-order valence-corrected chi connectivity index (χ0v) is 11.1. The first-order valence-electron chi connectivity index (χ1n) is 4.03. The summed E-state index contributed by atoms with van der Waals surface area (Å²) in [6.07, 6.45) is 1.24. The largest absolute Gasteiger partial charge is 0.321 e. The molecule has 3 nitrogen and oxygen atoms in total. The van der Waals surface area contributed by atoms with Crippen LogP contribution in [0.5, 0.6) is 0 Å². The lowest BCUT2D eigenvalue weighted by atomic mass is 10.3. The molecule has 1 aromatic rings. The third kappa shape index (κ3) is 3.25. The average Bonchev–Trinajstić information content (AvgIpc) is 2.24. The van der Waals surface area contributed by atoms with Crippen LogP contribution in [0.4, 0.5) is 10.5 Å². The normalized spacial score (nSPS) is 10.8. The molecule has 0 unspecified atom stereocenters. The van der Waals surface area contributed by atoms with Crippen molar-refractivity contribution in [3.05, 3.63) is 27.2 Å². The fraction of sp³-hybridized carbons (Fsp3) is 0.111. The highest BCUT2D eigenvalue weighted by molar-refractivity contribution is 6.63. The molecular formula is C9H6Cl4N2O. The van der Waals surface area contributed by atoms with E-state index in [0.717, 1.165) is 4.90 Å². The number of hydrogen-bond donors (Lipinski definition) is 0. The number of amides is 1. The van der Waals surface area contributed by atoms with Gasteiger partial charge in [0.05, 0.1) is 27.1 Å². The summed E-state index contributed by atoms with van der Waals surface area (Å²) in [5.41, 5.74) is 0.404. The second-order valence-corrected chi connectivity index (χ2v) is 4.29. The Kier molecular flexibility index (Phi) is 4.87. The molecule has 0 aliphatic carbocycles. The monoisotopic (exact) mass is 298 g/mol. The number of rotatable bonds is 2. The quantitative estimate of drug-likeness (QED) is 0.258. The molecule has 0 N–H and O–H groups in total. The number of carbonyl (C=O) groups excluding carboxylic acids is 1. The van der Waals surface area contributed by atoms with E-state index in [1.165, 1.54) is 13.4 Å². The van der Waals surface area contributed by atoms with Crippen LogP contribution in [0.15, 0.2) is 17.1 Å². The zero-order valence-electron chi connectivity index (χ0n) is 8.05. The standard InChI is InChI=1S/C9H6Cl4N2O/c1-15(9(13)16)4-14-6-3-2-5(10)7(11)8(6)12/h2-4H,1H3. The van der Waals surface area contributed by atoms with Gasteiger partial charge in [0.25, 0.3) is 0 Å². The van der Waals surface area contributed by atoms with Gasteiger partial charge in [0, 0.05) is 7.05 Å². The molecule has 0 aliphatic heterocycles. The van der Waals surface area contributed by atoms with Crippen molar-refractivity contribution in [3.8, 4) is 0 Å². The van der Waals surface area contributed by atoms with Gasteiger partial charge >= 0.3 is 5.37 Å². The van der Waals surface area contributed by atoms with Crippen LogP contribution in [-0.2, 0) is 0 Å². The third-order valence-electron chi connectivity index (χ3n) is 1.66. The Bertz CT molecular complexity index is 447. The van der Waals surface area contributed by atoms with Crippen molar-refractivity contribution < 1.29 is 4.79 Å². The predicted octanol–water partition coefficient (Wildman–Crippen LogP) is 4.60. The summed E-state index contributed by atoms with van der Waals surface area (Å²) < 4.78 is 0. The van der Waals surface area contributed by atoms with Crippen LogP contribution in [0, 0.1) is 0 Å². The van der Waals surface area contributed by atoms with E-state index < -0.39 is 5.37 Å². The Morgan fingerprint density at radius 2 is 1.94 bits per heavy atom. The smallest absolute Gasteiger partial charge is 0.292 e. The van der Waals surface area contributed by atoms with Crippen LogP contribution >= 0.6 is 46.4 Å². The van der Waals surface area contributed by atoms with Crippen molar-refractivity contribution in [2.45, 2.75) is 0 Å². The van der Waals surface area contributed by atoms with Gasteiger partial charge in [-0.25, -0.2) is 4.99 Å². The number of hydrogen-bond acceptors (Lipinski definition) is 2. The number of benzene rings is 1. The molecular weight excluding hydrogens is 294 g/mol. The summed E-state index contributed by atoms with van der Waals surface area (Å²) in [5.74, 6) is 0. The van der Waals surface area contributed by atoms with Gasteiger partial charge in [0.2, 0.25) is 0 Å². The van der Waals surface area contributed by atoms with E-state index in [4.69, 9.17) is 46.4 Å². The number of carbonyl (C=O) groups is 1. The Hall–Kier alpha value is -0.480. The molecule has 16 heavy (non-hydrogen) atoms. The minimum Gasteiger partial charge on any atom is -0.292 e. The Labute approximate surface area is 113 Å². The minimum atomic E-state index is -0.653. The van der Waals surface area contributed by atoms with Gasteiger partial charge in [0.1, 0.15) is 0 Å². The number of aliphatic imine (C=N–C) groups is 1. The number of halogens is 4. The maximum atomic E-state index is 10.7. The summed E-state index contributed by atoms with van der Waals surface area (Å²) >= 11 is 22.7. The second kappa shape index (κ2) is 5.73. The lowest BCUT2D eigenvalue weighted by Gasteiger charge is -2.06. The molecule has 0 saturated heterocycles. The first-order valence-corrected chi connectivity index (χ1v) is 5.54. The summed E-state index contributed by atoms with van der Waals surface area (Å²) in [4.78, 5) is 15.7. The van der Waals surface area contributed by atoms with Gasteiger partial charge in [-0.1, -0.05) is 34.8 Å². The number of nitrogens with zero attached hydrogens (tertiary/aromatic N) is 2. The molecule has 7 heteroatoms. The van der Waals surface area contributed by atoms with E-state index in [-0.39, 0.29) is 10.0 Å². The first-order chi connectivity index (χ1) is 7.43. The lowest BCUT2D eigenvalue weighted by molar-refractivity contribution is 0.248. The molecule has 1 amide bonds. The molecule has 0 bridgehead atoms. The van der Waals surface area contributed by atoms with Crippen LogP contribution in [0.1, 0.15) is 0 Å². The Morgan fingerprint density at radius 3 is 2.50 bits per heavy atom. The Balaban J connectivity index is 2.99. The van der Waals surface area contributed by atoms with Gasteiger partial charge < -0.3 is 0 Å². The second-order valence-electron chi connectivity index (χ2n) is 2.80. The van der Waals surface area contributed by atoms with Gasteiger partial charge in [-0.2, -0.15) is 0 Å². The fourth-order valence-corrected chi connectivity index (χ4v) is 1.43. The topological polar surface area (TPSA) is 32.7 Å². The molecule has 86 valence electrons.